The summed E-state index contributed by atoms with van der Waals surface area (Å²) in [5, 5.41) is 11.2. The summed E-state index contributed by atoms with van der Waals surface area (Å²) in [4.78, 5) is 10.5. The average Bonchev–Trinajstić information content (AvgIpc) is 2.30. The molecule has 1 aromatic carbocycles. The fourth-order valence-corrected chi connectivity index (χ4v) is 2.00. The molecule has 0 bridgehead atoms. The molecule has 0 radical (unpaired) electrons. The molecule has 1 rings (SSSR count). The number of ether oxygens (including phenoxy) is 2. The lowest BCUT2D eigenvalue weighted by Gasteiger charge is -2.14. The first-order chi connectivity index (χ1) is 8.42. The van der Waals surface area contributed by atoms with E-state index < -0.39 is 4.92 Å². The molecule has 0 fully saturated rings. The largest absolute Gasteiger partial charge is 0.493 e. The van der Waals surface area contributed by atoms with Crippen LogP contribution in [0.4, 0.5) is 5.69 Å². The highest BCUT2D eigenvalue weighted by Gasteiger charge is 2.25. The quantitative estimate of drug-likeness (QED) is 0.656. The fourth-order valence-electron chi connectivity index (χ4n) is 1.66. The van der Waals surface area contributed by atoms with Crippen LogP contribution in [0, 0.1) is 10.1 Å². The molecule has 18 heavy (non-hydrogen) atoms. The Morgan fingerprint density at radius 2 is 2.11 bits per heavy atom. The molecular formula is C11H15ClN2O4. The molecule has 1 aromatic rings. The monoisotopic (exact) mass is 274 g/mol. The summed E-state index contributed by atoms with van der Waals surface area (Å²) >= 11 is 6.12. The summed E-state index contributed by atoms with van der Waals surface area (Å²) in [6, 6.07) is 1.04. The Hall–Kier alpha value is -1.53. The van der Waals surface area contributed by atoms with E-state index in [0.29, 0.717) is 5.56 Å². The molecule has 100 valence electrons. The van der Waals surface area contributed by atoms with Gasteiger partial charge >= 0.3 is 0 Å². The number of nitrogens with two attached hydrogens (primary N) is 1. The highest BCUT2D eigenvalue weighted by atomic mass is 35.5. The van der Waals surface area contributed by atoms with Crippen molar-refractivity contribution >= 4 is 17.3 Å². The molecule has 0 aromatic heterocycles. The molecule has 1 unspecified atom stereocenters. The van der Waals surface area contributed by atoms with Crippen LogP contribution >= 0.6 is 11.6 Å². The molecular weight excluding hydrogens is 260 g/mol. The smallest absolute Gasteiger partial charge is 0.278 e. The zero-order valence-electron chi connectivity index (χ0n) is 10.4. The van der Waals surface area contributed by atoms with E-state index >= 15 is 0 Å². The number of benzene rings is 1. The zero-order valence-corrected chi connectivity index (χ0v) is 11.2. The summed E-state index contributed by atoms with van der Waals surface area (Å²) in [5.41, 5.74) is 5.91. The summed E-state index contributed by atoms with van der Waals surface area (Å²) in [6.45, 7) is 1.75. The number of nitrogens with zero attached hydrogens (tertiary/aromatic N) is 1. The van der Waals surface area contributed by atoms with Gasteiger partial charge in [0.2, 0.25) is 0 Å². The minimum atomic E-state index is -0.508. The normalized spacial score (nSPS) is 12.1. The standard InChI is InChI=1S/C11H15ClN2O4/c1-6(13)4-7-8(14(15)16)5-9(17-2)11(18-3)10(7)12/h5-6H,4,13H2,1-3H3. The Morgan fingerprint density at radius 1 is 1.50 bits per heavy atom. The summed E-state index contributed by atoms with van der Waals surface area (Å²) in [6.07, 6.45) is 0.287. The van der Waals surface area contributed by atoms with Crippen LogP contribution in [0.15, 0.2) is 6.07 Å². The van der Waals surface area contributed by atoms with E-state index in [1.807, 2.05) is 0 Å². The van der Waals surface area contributed by atoms with Crippen LogP contribution < -0.4 is 15.2 Å². The molecule has 1 atom stereocenters. The van der Waals surface area contributed by atoms with Gasteiger partial charge in [0, 0.05) is 6.04 Å². The third-order valence-corrected chi connectivity index (χ3v) is 2.81. The van der Waals surface area contributed by atoms with Crippen LogP contribution in [0.1, 0.15) is 12.5 Å². The van der Waals surface area contributed by atoms with Crippen LogP contribution in [0.5, 0.6) is 11.5 Å². The van der Waals surface area contributed by atoms with Crippen LogP contribution in [0.3, 0.4) is 0 Å². The van der Waals surface area contributed by atoms with Crippen molar-refractivity contribution in [3.63, 3.8) is 0 Å². The number of halogens is 1. The third kappa shape index (κ3) is 2.83. The molecule has 0 aliphatic heterocycles. The molecule has 0 heterocycles. The van der Waals surface area contributed by atoms with Gasteiger partial charge in [0.05, 0.1) is 35.8 Å². The Kier molecular flexibility index (Phi) is 4.75. The maximum atomic E-state index is 11.0. The van der Waals surface area contributed by atoms with Gasteiger partial charge in [-0.1, -0.05) is 11.6 Å². The second-order valence-electron chi connectivity index (χ2n) is 3.86. The molecule has 0 aliphatic rings. The minimum Gasteiger partial charge on any atom is -0.493 e. The zero-order chi connectivity index (χ0) is 13.9. The fraction of sp³-hybridized carbons (Fsp3) is 0.455. The van der Waals surface area contributed by atoms with Crippen molar-refractivity contribution in [2.75, 3.05) is 14.2 Å². The Labute approximate surface area is 110 Å². The summed E-state index contributed by atoms with van der Waals surface area (Å²) in [5.74, 6) is 0.503. The maximum Gasteiger partial charge on any atom is 0.278 e. The van der Waals surface area contributed by atoms with E-state index in [9.17, 15) is 10.1 Å². The van der Waals surface area contributed by atoms with Crippen LogP contribution in [-0.2, 0) is 6.42 Å². The van der Waals surface area contributed by atoms with Crippen LogP contribution in [0.25, 0.3) is 0 Å². The van der Waals surface area contributed by atoms with Gasteiger partial charge in [-0.25, -0.2) is 0 Å². The van der Waals surface area contributed by atoms with Crippen molar-refractivity contribution in [1.29, 1.82) is 0 Å². The first-order valence-corrected chi connectivity index (χ1v) is 5.63. The average molecular weight is 275 g/mol. The van der Waals surface area contributed by atoms with E-state index in [1.54, 1.807) is 6.92 Å². The van der Waals surface area contributed by atoms with Crippen molar-refractivity contribution in [2.24, 2.45) is 5.73 Å². The predicted molar refractivity (Wildman–Crippen MR) is 68.6 cm³/mol. The van der Waals surface area contributed by atoms with Gasteiger partial charge in [-0.3, -0.25) is 10.1 Å². The number of nitro benzene ring substituents is 1. The lowest BCUT2D eigenvalue weighted by atomic mass is 10.0. The molecule has 0 spiro atoms. The predicted octanol–water partition coefficient (Wildman–Crippen LogP) is 2.16. The first kappa shape index (κ1) is 14.5. The molecule has 0 aliphatic carbocycles. The van der Waals surface area contributed by atoms with Crippen LogP contribution in [0.2, 0.25) is 5.02 Å². The molecule has 2 N–H and O–H groups in total. The minimum absolute atomic E-state index is 0.116. The van der Waals surface area contributed by atoms with Gasteiger partial charge in [-0.2, -0.15) is 0 Å². The number of nitro groups is 1. The van der Waals surface area contributed by atoms with Crippen LogP contribution in [-0.4, -0.2) is 25.2 Å². The first-order valence-electron chi connectivity index (χ1n) is 5.25. The van der Waals surface area contributed by atoms with Gasteiger partial charge in [0.25, 0.3) is 5.69 Å². The maximum absolute atomic E-state index is 11.0. The van der Waals surface area contributed by atoms with Gasteiger partial charge in [0.1, 0.15) is 0 Å². The number of methoxy groups -OCH3 is 2. The molecule has 0 saturated heterocycles. The van der Waals surface area contributed by atoms with Crippen molar-refractivity contribution in [3.05, 3.63) is 26.8 Å². The third-order valence-electron chi connectivity index (χ3n) is 2.41. The van der Waals surface area contributed by atoms with E-state index in [0.717, 1.165) is 0 Å². The van der Waals surface area contributed by atoms with Gasteiger partial charge in [-0.15, -0.1) is 0 Å². The second kappa shape index (κ2) is 5.88. The van der Waals surface area contributed by atoms with Gasteiger partial charge in [-0.05, 0) is 13.3 Å². The van der Waals surface area contributed by atoms with E-state index in [-0.39, 0.29) is 34.7 Å². The number of hydrogen-bond acceptors (Lipinski definition) is 5. The van der Waals surface area contributed by atoms with Gasteiger partial charge in [0.15, 0.2) is 11.5 Å². The lowest BCUT2D eigenvalue weighted by molar-refractivity contribution is -0.385. The molecule has 6 nitrogen and oxygen atoms in total. The molecule has 0 amide bonds. The summed E-state index contributed by atoms with van der Waals surface area (Å²) < 4.78 is 10.1. The number of hydrogen-bond donors (Lipinski definition) is 1. The Balaban J connectivity index is 3.49. The molecule has 7 heteroatoms. The van der Waals surface area contributed by atoms with Crippen molar-refractivity contribution in [2.45, 2.75) is 19.4 Å². The van der Waals surface area contributed by atoms with Crippen molar-refractivity contribution < 1.29 is 14.4 Å². The topological polar surface area (TPSA) is 87.6 Å². The van der Waals surface area contributed by atoms with E-state index in [2.05, 4.69) is 0 Å². The Morgan fingerprint density at radius 3 is 2.50 bits per heavy atom. The highest BCUT2D eigenvalue weighted by Crippen LogP contribution is 2.42. The van der Waals surface area contributed by atoms with Crippen molar-refractivity contribution in [1.82, 2.24) is 0 Å². The SMILES string of the molecule is COc1cc([N+](=O)[O-])c(CC(C)N)c(Cl)c1OC. The second-order valence-corrected chi connectivity index (χ2v) is 4.24. The highest BCUT2D eigenvalue weighted by molar-refractivity contribution is 6.33. The van der Waals surface area contributed by atoms with Crippen molar-refractivity contribution in [3.8, 4) is 11.5 Å². The lowest BCUT2D eigenvalue weighted by Crippen LogP contribution is -2.19. The summed E-state index contributed by atoms with van der Waals surface area (Å²) in [7, 11) is 2.81. The Bertz CT molecular complexity index is 463. The van der Waals surface area contributed by atoms with Gasteiger partial charge < -0.3 is 15.2 Å². The number of rotatable bonds is 5. The molecule has 0 saturated carbocycles. The van der Waals surface area contributed by atoms with E-state index in [4.69, 9.17) is 26.8 Å². The van der Waals surface area contributed by atoms with E-state index in [1.165, 1.54) is 20.3 Å².